The first-order valence-electron chi connectivity index (χ1n) is 4.32. The quantitative estimate of drug-likeness (QED) is 0.388. The van der Waals surface area contributed by atoms with Crippen LogP contribution in [0.3, 0.4) is 0 Å². The summed E-state index contributed by atoms with van der Waals surface area (Å²) in [6, 6.07) is 5.06. The van der Waals surface area contributed by atoms with Gasteiger partial charge in [-0.1, -0.05) is 11.8 Å². The number of carbonyl (C=O) groups is 2. The summed E-state index contributed by atoms with van der Waals surface area (Å²) in [4.78, 5) is 22.4. The van der Waals surface area contributed by atoms with Gasteiger partial charge in [0.1, 0.15) is 0 Å². The van der Waals surface area contributed by atoms with Crippen LogP contribution in [0.1, 0.15) is 15.9 Å². The second-order valence-electron chi connectivity index (χ2n) is 3.00. The molecular formula is C11H7NO2S. The molecule has 3 nitrogen and oxygen atoms in total. The zero-order chi connectivity index (χ0) is 10.8. The Morgan fingerprint density at radius 1 is 1.33 bits per heavy atom. The molecule has 0 atom stereocenters. The highest BCUT2D eigenvalue weighted by Crippen LogP contribution is 2.23. The Morgan fingerprint density at radius 2 is 2.13 bits per heavy atom. The van der Waals surface area contributed by atoms with E-state index in [1.54, 1.807) is 18.2 Å². The van der Waals surface area contributed by atoms with Crippen molar-refractivity contribution in [2.24, 2.45) is 0 Å². The monoisotopic (exact) mass is 217 g/mol. The molecule has 0 fully saturated rings. The first kappa shape index (κ1) is 9.81. The Bertz CT molecular complexity index is 511. The van der Waals surface area contributed by atoms with Gasteiger partial charge in [-0.2, -0.15) is 12.6 Å². The third-order valence-corrected chi connectivity index (χ3v) is 2.19. The molecule has 1 aliphatic heterocycles. The van der Waals surface area contributed by atoms with Gasteiger partial charge >= 0.3 is 0 Å². The largest absolute Gasteiger partial charge is 0.318 e. The average molecular weight is 217 g/mol. The van der Waals surface area contributed by atoms with E-state index in [-0.39, 0.29) is 0 Å². The zero-order valence-corrected chi connectivity index (χ0v) is 8.60. The highest BCUT2D eigenvalue weighted by Gasteiger charge is 2.27. The van der Waals surface area contributed by atoms with E-state index in [1.165, 1.54) is 0 Å². The Kier molecular flexibility index (Phi) is 2.48. The molecule has 0 saturated heterocycles. The van der Waals surface area contributed by atoms with Gasteiger partial charge in [0.25, 0.3) is 11.7 Å². The SMILES string of the molecule is O=C1Nc2ccc(C#CCS)cc2C1=O. The molecule has 74 valence electrons. The lowest BCUT2D eigenvalue weighted by Gasteiger charge is -1.96. The van der Waals surface area contributed by atoms with Crippen LogP contribution in [-0.4, -0.2) is 17.4 Å². The predicted molar refractivity (Wildman–Crippen MR) is 60.1 cm³/mol. The number of rotatable bonds is 0. The Morgan fingerprint density at radius 3 is 2.87 bits per heavy atom. The third kappa shape index (κ3) is 1.74. The summed E-state index contributed by atoms with van der Waals surface area (Å²) in [5.41, 5.74) is 1.67. The molecule has 0 saturated carbocycles. The summed E-state index contributed by atoms with van der Waals surface area (Å²) in [7, 11) is 0. The first-order chi connectivity index (χ1) is 7.22. The van der Waals surface area contributed by atoms with E-state index in [1.807, 2.05) is 0 Å². The highest BCUT2D eigenvalue weighted by atomic mass is 32.1. The third-order valence-electron chi connectivity index (χ3n) is 2.03. The van der Waals surface area contributed by atoms with Crippen LogP contribution in [0.5, 0.6) is 0 Å². The normalized spacial score (nSPS) is 12.9. The molecule has 1 N–H and O–H groups in total. The molecule has 4 heteroatoms. The van der Waals surface area contributed by atoms with Crippen molar-refractivity contribution in [3.8, 4) is 11.8 Å². The number of hydrogen-bond donors (Lipinski definition) is 2. The number of anilines is 1. The second-order valence-corrected chi connectivity index (χ2v) is 3.32. The molecule has 1 aliphatic rings. The minimum absolute atomic E-state index is 0.394. The average Bonchev–Trinajstić information content (AvgIpc) is 2.52. The van der Waals surface area contributed by atoms with Gasteiger partial charge in [-0.3, -0.25) is 9.59 Å². The summed E-state index contributed by atoms with van der Waals surface area (Å²) in [6.45, 7) is 0. The molecular weight excluding hydrogens is 210 g/mol. The van der Waals surface area contributed by atoms with Gasteiger partial charge in [0.15, 0.2) is 0 Å². The predicted octanol–water partition coefficient (Wildman–Crippen LogP) is 1.10. The summed E-state index contributed by atoms with van der Waals surface area (Å²) >= 11 is 3.96. The van der Waals surface area contributed by atoms with E-state index >= 15 is 0 Å². The molecule has 2 rings (SSSR count). The standard InChI is InChI=1S/C11H7NO2S/c13-10-8-6-7(2-1-5-15)3-4-9(8)12-11(10)14/h3-4,6,15H,5H2,(H,12,13,14). The lowest BCUT2D eigenvalue weighted by molar-refractivity contribution is -0.112. The van der Waals surface area contributed by atoms with Crippen molar-refractivity contribution in [2.45, 2.75) is 0 Å². The Balaban J connectivity index is 2.44. The topological polar surface area (TPSA) is 46.2 Å². The van der Waals surface area contributed by atoms with Crippen molar-refractivity contribution in [2.75, 3.05) is 11.1 Å². The molecule has 0 unspecified atom stereocenters. The number of hydrogen-bond acceptors (Lipinski definition) is 3. The molecule has 0 aliphatic carbocycles. The van der Waals surface area contributed by atoms with Crippen LogP contribution in [0.15, 0.2) is 18.2 Å². The summed E-state index contributed by atoms with van der Waals surface area (Å²) in [5, 5.41) is 2.48. The van der Waals surface area contributed by atoms with E-state index in [2.05, 4.69) is 29.8 Å². The molecule has 1 amide bonds. The number of amides is 1. The molecule has 1 aromatic rings. The Labute approximate surface area is 92.3 Å². The molecule has 1 heterocycles. The Hall–Kier alpha value is -1.73. The molecule has 15 heavy (non-hydrogen) atoms. The summed E-state index contributed by atoms with van der Waals surface area (Å²) < 4.78 is 0. The fourth-order valence-electron chi connectivity index (χ4n) is 1.36. The summed E-state index contributed by atoms with van der Waals surface area (Å²) in [6.07, 6.45) is 0. The molecule has 0 spiro atoms. The number of nitrogens with one attached hydrogen (secondary N) is 1. The summed E-state index contributed by atoms with van der Waals surface area (Å²) in [5.74, 6) is 5.00. The molecule has 0 radical (unpaired) electrons. The number of ketones is 1. The van der Waals surface area contributed by atoms with Gasteiger partial charge in [-0.15, -0.1) is 0 Å². The molecule has 0 bridgehead atoms. The maximum atomic E-state index is 11.3. The smallest absolute Gasteiger partial charge is 0.296 e. The van der Waals surface area contributed by atoms with Crippen molar-refractivity contribution in [1.29, 1.82) is 0 Å². The van der Waals surface area contributed by atoms with Crippen LogP contribution in [0.25, 0.3) is 0 Å². The zero-order valence-electron chi connectivity index (χ0n) is 7.70. The second kappa shape index (κ2) is 3.79. The van der Waals surface area contributed by atoms with E-state index in [4.69, 9.17) is 0 Å². The number of carbonyl (C=O) groups excluding carboxylic acids is 2. The van der Waals surface area contributed by atoms with Gasteiger partial charge < -0.3 is 5.32 Å². The number of Topliss-reactive ketones (excluding diaryl/α,β-unsaturated/α-hetero) is 1. The maximum Gasteiger partial charge on any atom is 0.296 e. The lowest BCUT2D eigenvalue weighted by atomic mass is 10.1. The van der Waals surface area contributed by atoms with E-state index in [9.17, 15) is 9.59 Å². The van der Waals surface area contributed by atoms with Crippen LogP contribution in [-0.2, 0) is 4.79 Å². The maximum absolute atomic E-state index is 11.3. The van der Waals surface area contributed by atoms with Crippen molar-refractivity contribution < 1.29 is 9.59 Å². The van der Waals surface area contributed by atoms with Crippen LogP contribution in [0, 0.1) is 11.8 Å². The van der Waals surface area contributed by atoms with Gasteiger partial charge in [0.2, 0.25) is 0 Å². The van der Waals surface area contributed by atoms with Crippen LogP contribution in [0.4, 0.5) is 5.69 Å². The van der Waals surface area contributed by atoms with E-state index < -0.39 is 11.7 Å². The highest BCUT2D eigenvalue weighted by molar-refractivity contribution is 7.80. The number of benzene rings is 1. The van der Waals surface area contributed by atoms with E-state index in [0.29, 0.717) is 22.6 Å². The van der Waals surface area contributed by atoms with Gasteiger partial charge in [-0.25, -0.2) is 0 Å². The van der Waals surface area contributed by atoms with Gasteiger partial charge in [0.05, 0.1) is 17.0 Å². The van der Waals surface area contributed by atoms with Crippen LogP contribution >= 0.6 is 12.6 Å². The van der Waals surface area contributed by atoms with E-state index in [0.717, 1.165) is 0 Å². The van der Waals surface area contributed by atoms with Gasteiger partial charge in [0, 0.05) is 5.56 Å². The molecule has 1 aromatic carbocycles. The fourth-order valence-corrected chi connectivity index (χ4v) is 1.44. The van der Waals surface area contributed by atoms with Crippen molar-refractivity contribution in [3.63, 3.8) is 0 Å². The lowest BCUT2D eigenvalue weighted by Crippen LogP contribution is -2.12. The minimum Gasteiger partial charge on any atom is -0.318 e. The molecule has 0 aromatic heterocycles. The van der Waals surface area contributed by atoms with Crippen LogP contribution < -0.4 is 5.32 Å². The fraction of sp³-hybridized carbons (Fsp3) is 0.0909. The van der Waals surface area contributed by atoms with Crippen molar-refractivity contribution in [3.05, 3.63) is 29.3 Å². The minimum atomic E-state index is -0.579. The van der Waals surface area contributed by atoms with Gasteiger partial charge in [-0.05, 0) is 18.2 Å². The number of thiol groups is 1. The number of fused-ring (bicyclic) bond motifs is 1. The van der Waals surface area contributed by atoms with Crippen molar-refractivity contribution >= 4 is 30.0 Å². The first-order valence-corrected chi connectivity index (χ1v) is 4.95. The van der Waals surface area contributed by atoms with Crippen LogP contribution in [0.2, 0.25) is 0 Å². The van der Waals surface area contributed by atoms with Crippen molar-refractivity contribution in [1.82, 2.24) is 0 Å².